The van der Waals surface area contributed by atoms with Crippen LogP contribution in [0.1, 0.15) is 0 Å². The van der Waals surface area contributed by atoms with Gasteiger partial charge in [0.05, 0.1) is 22.1 Å². The highest BCUT2D eigenvalue weighted by atomic mass is 16.4. The van der Waals surface area contributed by atoms with Gasteiger partial charge in [0.1, 0.15) is 11.0 Å². The Morgan fingerprint density at radius 2 is 0.930 bits per heavy atom. The van der Waals surface area contributed by atoms with Crippen LogP contribution in [0.4, 0.5) is 17.1 Å². The van der Waals surface area contributed by atoms with Crippen molar-refractivity contribution in [3.05, 3.63) is 188 Å². The molecule has 0 saturated heterocycles. The summed E-state index contributed by atoms with van der Waals surface area (Å²) in [7, 11) is 0. The maximum absolute atomic E-state index is 6.53. The molecule has 0 N–H and O–H groups in total. The fourth-order valence-corrected chi connectivity index (χ4v) is 8.43. The van der Waals surface area contributed by atoms with E-state index in [1.807, 2.05) is 42.5 Å². The molecular formula is C50H31N5O2. The lowest BCUT2D eigenvalue weighted by Crippen LogP contribution is -2.09. The summed E-state index contributed by atoms with van der Waals surface area (Å²) in [5, 5.41) is 4.69. The molecule has 12 rings (SSSR count). The zero-order valence-electron chi connectivity index (χ0n) is 30.5. The minimum atomic E-state index is 0.514. The molecule has 0 aliphatic rings. The third-order valence-corrected chi connectivity index (χ3v) is 11.0. The number of aromatic nitrogens is 4. The van der Waals surface area contributed by atoms with Gasteiger partial charge in [0.25, 0.3) is 0 Å². The molecule has 268 valence electrons. The van der Waals surface area contributed by atoms with E-state index in [1.54, 1.807) is 0 Å². The van der Waals surface area contributed by atoms with Gasteiger partial charge in [0, 0.05) is 55.9 Å². The van der Waals surface area contributed by atoms with Gasteiger partial charge >= 0.3 is 6.01 Å². The molecule has 0 saturated carbocycles. The second-order valence-corrected chi connectivity index (χ2v) is 14.3. The summed E-state index contributed by atoms with van der Waals surface area (Å²) < 4.78 is 17.4. The Labute approximate surface area is 325 Å². The lowest BCUT2D eigenvalue weighted by Gasteiger charge is -2.25. The number of hydrogen-bond acceptors (Lipinski definition) is 5. The summed E-state index contributed by atoms with van der Waals surface area (Å²) >= 11 is 0. The van der Waals surface area contributed by atoms with Crippen LogP contribution in [0.2, 0.25) is 0 Å². The van der Waals surface area contributed by atoms with Crippen LogP contribution in [0.25, 0.3) is 89.0 Å². The molecule has 8 aromatic carbocycles. The Hall–Kier alpha value is -7.90. The third kappa shape index (κ3) is 4.92. The maximum Gasteiger partial charge on any atom is 0.307 e. The quantitative estimate of drug-likeness (QED) is 0.170. The number of rotatable bonds is 6. The molecule has 0 aliphatic carbocycles. The number of para-hydroxylation sites is 5. The van der Waals surface area contributed by atoms with Gasteiger partial charge < -0.3 is 18.3 Å². The molecule has 7 heteroatoms. The van der Waals surface area contributed by atoms with Gasteiger partial charge in [-0.3, -0.25) is 4.57 Å². The third-order valence-electron chi connectivity index (χ3n) is 11.0. The largest absolute Gasteiger partial charge is 0.436 e. The van der Waals surface area contributed by atoms with Gasteiger partial charge in [-0.1, -0.05) is 91.0 Å². The second-order valence-electron chi connectivity index (χ2n) is 14.3. The summed E-state index contributed by atoms with van der Waals surface area (Å²) in [5.41, 5.74) is 12.3. The van der Waals surface area contributed by atoms with Gasteiger partial charge in [-0.25, -0.2) is 4.98 Å². The minimum absolute atomic E-state index is 0.514. The van der Waals surface area contributed by atoms with Crippen molar-refractivity contribution in [2.24, 2.45) is 0 Å². The highest BCUT2D eigenvalue weighted by Gasteiger charge is 2.20. The van der Waals surface area contributed by atoms with E-state index >= 15 is 0 Å². The first kappa shape index (κ1) is 31.5. The number of oxazole rings is 2. The summed E-state index contributed by atoms with van der Waals surface area (Å²) in [6.07, 6.45) is 0. The van der Waals surface area contributed by atoms with Gasteiger partial charge in [-0.2, -0.15) is 4.98 Å². The van der Waals surface area contributed by atoms with E-state index in [-0.39, 0.29) is 0 Å². The zero-order chi connectivity index (χ0) is 37.5. The van der Waals surface area contributed by atoms with Crippen molar-refractivity contribution in [1.82, 2.24) is 19.1 Å². The Balaban J connectivity index is 0.950. The Kier molecular flexibility index (Phi) is 6.79. The molecule has 4 heterocycles. The fraction of sp³-hybridized carbons (Fsp3) is 0. The smallest absolute Gasteiger partial charge is 0.307 e. The number of fused-ring (bicyclic) bond motifs is 8. The average Bonchev–Trinajstić information content (AvgIpc) is 4.04. The summed E-state index contributed by atoms with van der Waals surface area (Å²) in [6.45, 7) is 0. The van der Waals surface area contributed by atoms with E-state index in [0.29, 0.717) is 23.1 Å². The summed E-state index contributed by atoms with van der Waals surface area (Å²) in [6, 6.07) is 65.6. The average molecular weight is 734 g/mol. The Morgan fingerprint density at radius 1 is 0.386 bits per heavy atom. The number of nitrogens with zero attached hydrogens (tertiary/aromatic N) is 5. The molecule has 0 spiro atoms. The normalized spacial score (nSPS) is 11.9. The molecule has 0 fully saturated rings. The topological polar surface area (TPSA) is 65.2 Å². The molecule has 7 nitrogen and oxygen atoms in total. The van der Waals surface area contributed by atoms with Crippen LogP contribution in [-0.2, 0) is 0 Å². The molecule has 0 unspecified atom stereocenters. The summed E-state index contributed by atoms with van der Waals surface area (Å²) in [4.78, 5) is 12.1. The highest BCUT2D eigenvalue weighted by molar-refractivity contribution is 6.11. The van der Waals surface area contributed by atoms with Crippen LogP contribution in [0, 0.1) is 0 Å². The Morgan fingerprint density at radius 3 is 1.67 bits per heavy atom. The molecule has 57 heavy (non-hydrogen) atoms. The first-order chi connectivity index (χ1) is 28.2. The predicted molar refractivity (Wildman–Crippen MR) is 230 cm³/mol. The molecule has 0 radical (unpaired) electrons. The zero-order valence-corrected chi connectivity index (χ0v) is 30.5. The molecule has 0 amide bonds. The molecule has 0 aliphatic heterocycles. The Bertz CT molecular complexity index is 3430. The van der Waals surface area contributed by atoms with Crippen LogP contribution in [0.3, 0.4) is 0 Å². The minimum Gasteiger partial charge on any atom is -0.436 e. The van der Waals surface area contributed by atoms with Crippen molar-refractivity contribution in [1.29, 1.82) is 0 Å². The van der Waals surface area contributed by atoms with Gasteiger partial charge in [0.15, 0.2) is 11.2 Å². The lowest BCUT2D eigenvalue weighted by molar-refractivity contribution is 0.574. The van der Waals surface area contributed by atoms with E-state index in [9.17, 15) is 0 Å². The maximum atomic E-state index is 6.53. The van der Waals surface area contributed by atoms with E-state index in [2.05, 4.69) is 160 Å². The van der Waals surface area contributed by atoms with E-state index in [1.165, 1.54) is 16.3 Å². The molecule has 0 atom stereocenters. The van der Waals surface area contributed by atoms with Gasteiger partial charge in [-0.15, -0.1) is 0 Å². The van der Waals surface area contributed by atoms with Crippen molar-refractivity contribution in [3.8, 4) is 23.2 Å². The van der Waals surface area contributed by atoms with Gasteiger partial charge in [0.2, 0.25) is 5.89 Å². The first-order valence-electron chi connectivity index (χ1n) is 19.0. The van der Waals surface area contributed by atoms with Crippen LogP contribution < -0.4 is 4.90 Å². The van der Waals surface area contributed by atoms with Crippen LogP contribution in [-0.4, -0.2) is 19.1 Å². The van der Waals surface area contributed by atoms with Crippen molar-refractivity contribution < 1.29 is 8.83 Å². The van der Waals surface area contributed by atoms with Crippen molar-refractivity contribution in [2.45, 2.75) is 0 Å². The fourth-order valence-electron chi connectivity index (χ4n) is 8.43. The van der Waals surface area contributed by atoms with Crippen LogP contribution in [0.15, 0.2) is 197 Å². The monoisotopic (exact) mass is 733 g/mol. The highest BCUT2D eigenvalue weighted by Crippen LogP contribution is 2.41. The molecule has 12 aromatic rings. The second kappa shape index (κ2) is 12.3. The van der Waals surface area contributed by atoms with Gasteiger partial charge in [-0.05, 0) is 91.0 Å². The number of benzene rings is 8. The van der Waals surface area contributed by atoms with Crippen LogP contribution >= 0.6 is 0 Å². The lowest BCUT2D eigenvalue weighted by atomic mass is 10.1. The first-order valence-corrected chi connectivity index (χ1v) is 19.0. The standard InChI is InChI=1S/C50H31N5O2/c1-3-13-33(14-4-1)53(35-25-28-46-40(30-35)39-19-9-10-20-43(39)54(46)34-15-5-2-6-16-34)36-24-27-41-48(31-36)56-49(51-41)32-23-26-42-47(29-32)57-50(52-42)55-44-21-11-7-17-37(44)38-18-8-12-22-45(38)55/h1-31H. The van der Waals surface area contributed by atoms with Crippen LogP contribution in [0.5, 0.6) is 0 Å². The summed E-state index contributed by atoms with van der Waals surface area (Å²) in [5.74, 6) is 0.514. The van der Waals surface area contributed by atoms with E-state index in [4.69, 9.17) is 18.8 Å². The molecular weight excluding hydrogens is 703 g/mol. The predicted octanol–water partition coefficient (Wildman–Crippen LogP) is 13.3. The molecule has 4 aromatic heterocycles. The van der Waals surface area contributed by atoms with Crippen molar-refractivity contribution in [2.75, 3.05) is 4.90 Å². The van der Waals surface area contributed by atoms with E-state index < -0.39 is 0 Å². The number of hydrogen-bond donors (Lipinski definition) is 0. The molecule has 0 bridgehead atoms. The van der Waals surface area contributed by atoms with Crippen molar-refractivity contribution >= 4 is 82.9 Å². The SMILES string of the molecule is c1ccc(N(c2ccc3nc(-c4ccc5nc(-n6c7ccccc7c7ccccc76)oc5c4)oc3c2)c2ccc3c(c2)c2ccccc2n3-c2ccccc2)cc1. The number of anilines is 3. The van der Waals surface area contributed by atoms with E-state index in [0.717, 1.165) is 66.7 Å². The van der Waals surface area contributed by atoms with Crippen molar-refractivity contribution in [3.63, 3.8) is 0 Å².